The van der Waals surface area contributed by atoms with Gasteiger partial charge in [-0.15, -0.1) is 0 Å². The van der Waals surface area contributed by atoms with E-state index in [1.807, 2.05) is 12.1 Å². The molecule has 0 aliphatic carbocycles. The summed E-state index contributed by atoms with van der Waals surface area (Å²) in [7, 11) is 1.80. The Morgan fingerprint density at radius 1 is 1.13 bits per heavy atom. The van der Waals surface area contributed by atoms with E-state index in [0.29, 0.717) is 6.10 Å². The summed E-state index contributed by atoms with van der Waals surface area (Å²) in [5.41, 5.74) is 3.86. The number of aliphatic imine (C=N–C) groups is 1. The third kappa shape index (κ3) is 5.52. The van der Waals surface area contributed by atoms with Gasteiger partial charge in [0, 0.05) is 39.6 Å². The van der Waals surface area contributed by atoms with Gasteiger partial charge in [-0.05, 0) is 29.7 Å². The van der Waals surface area contributed by atoms with E-state index in [1.165, 1.54) is 16.7 Å². The first-order chi connectivity index (χ1) is 14.7. The van der Waals surface area contributed by atoms with Gasteiger partial charge in [0.05, 0.1) is 19.3 Å². The molecular weight excluding hydrogens is 376 g/mol. The predicted molar refractivity (Wildman–Crippen MR) is 120 cm³/mol. The number of ether oxygens (including phenoxy) is 2. The Balaban J connectivity index is 1.24. The average Bonchev–Trinajstić information content (AvgIpc) is 3.17. The van der Waals surface area contributed by atoms with Gasteiger partial charge in [0.25, 0.3) is 0 Å². The third-order valence-corrected chi connectivity index (χ3v) is 5.62. The van der Waals surface area contributed by atoms with Crippen molar-refractivity contribution in [1.29, 1.82) is 0 Å². The van der Waals surface area contributed by atoms with Crippen LogP contribution in [0.1, 0.15) is 23.6 Å². The third-order valence-electron chi connectivity index (χ3n) is 5.62. The van der Waals surface area contributed by atoms with E-state index in [-0.39, 0.29) is 6.10 Å². The molecule has 2 heterocycles. The minimum absolute atomic E-state index is 0.139. The van der Waals surface area contributed by atoms with E-state index < -0.39 is 0 Å². The van der Waals surface area contributed by atoms with Crippen LogP contribution in [-0.4, -0.2) is 56.4 Å². The minimum Gasteiger partial charge on any atom is -0.488 e. The molecule has 2 N–H and O–H groups in total. The van der Waals surface area contributed by atoms with E-state index in [4.69, 9.17) is 9.47 Å². The number of fused-ring (bicyclic) bond motifs is 1. The van der Waals surface area contributed by atoms with Gasteiger partial charge in [0.1, 0.15) is 11.9 Å². The number of morpholine rings is 1. The molecule has 0 spiro atoms. The number of guanidine groups is 1. The van der Waals surface area contributed by atoms with Crippen LogP contribution in [0.25, 0.3) is 0 Å². The second kappa shape index (κ2) is 9.96. The van der Waals surface area contributed by atoms with Gasteiger partial charge in [0.15, 0.2) is 5.96 Å². The number of nitrogens with one attached hydrogen (secondary N) is 2. The Morgan fingerprint density at radius 2 is 2.00 bits per heavy atom. The molecule has 160 valence electrons. The maximum absolute atomic E-state index is 6.00. The summed E-state index contributed by atoms with van der Waals surface area (Å²) in [5.74, 6) is 1.79. The zero-order valence-electron chi connectivity index (χ0n) is 17.9. The van der Waals surface area contributed by atoms with Gasteiger partial charge in [0.2, 0.25) is 0 Å². The van der Waals surface area contributed by atoms with Crippen molar-refractivity contribution in [2.24, 2.45) is 4.99 Å². The first-order valence-electron chi connectivity index (χ1n) is 10.8. The van der Waals surface area contributed by atoms with Crippen LogP contribution in [0.5, 0.6) is 5.75 Å². The van der Waals surface area contributed by atoms with Crippen LogP contribution in [0.3, 0.4) is 0 Å². The highest BCUT2D eigenvalue weighted by Gasteiger charge is 2.22. The molecule has 0 amide bonds. The van der Waals surface area contributed by atoms with E-state index in [1.54, 1.807) is 7.05 Å². The van der Waals surface area contributed by atoms with Gasteiger partial charge >= 0.3 is 0 Å². The lowest BCUT2D eigenvalue weighted by molar-refractivity contribution is -0.0212. The second-order valence-corrected chi connectivity index (χ2v) is 8.09. The number of nitrogens with zero attached hydrogens (tertiary/aromatic N) is 2. The summed E-state index contributed by atoms with van der Waals surface area (Å²) in [6, 6.07) is 17.0. The topological polar surface area (TPSA) is 58.1 Å². The lowest BCUT2D eigenvalue weighted by Crippen LogP contribution is -2.42. The molecule has 30 heavy (non-hydrogen) atoms. The highest BCUT2D eigenvalue weighted by molar-refractivity contribution is 5.79. The Morgan fingerprint density at radius 3 is 2.83 bits per heavy atom. The molecule has 0 radical (unpaired) electrons. The van der Waals surface area contributed by atoms with Gasteiger partial charge < -0.3 is 20.1 Å². The molecule has 0 aromatic heterocycles. The molecule has 2 aromatic rings. The molecule has 2 atom stereocenters. The van der Waals surface area contributed by atoms with Crippen LogP contribution in [0.4, 0.5) is 0 Å². The zero-order valence-corrected chi connectivity index (χ0v) is 17.9. The van der Waals surface area contributed by atoms with Crippen molar-refractivity contribution in [2.45, 2.75) is 38.6 Å². The quantitative estimate of drug-likeness (QED) is 0.568. The highest BCUT2D eigenvalue weighted by Crippen LogP contribution is 2.27. The molecule has 4 rings (SSSR count). The van der Waals surface area contributed by atoms with Crippen LogP contribution in [0, 0.1) is 0 Å². The van der Waals surface area contributed by atoms with Crippen LogP contribution < -0.4 is 15.4 Å². The molecule has 1 saturated heterocycles. The van der Waals surface area contributed by atoms with E-state index in [9.17, 15) is 0 Å². The number of hydrogen-bond acceptors (Lipinski definition) is 4. The van der Waals surface area contributed by atoms with Gasteiger partial charge in [-0.2, -0.15) is 0 Å². The Kier molecular flexibility index (Phi) is 6.87. The normalized spacial score (nSPS) is 21.7. The fraction of sp³-hybridized carbons (Fsp3) is 0.458. The van der Waals surface area contributed by atoms with Crippen molar-refractivity contribution in [3.63, 3.8) is 0 Å². The van der Waals surface area contributed by atoms with Crippen molar-refractivity contribution in [2.75, 3.05) is 33.3 Å². The number of hydrogen-bond donors (Lipinski definition) is 2. The molecule has 2 aliphatic rings. The Labute approximate surface area is 179 Å². The monoisotopic (exact) mass is 408 g/mol. The number of para-hydroxylation sites is 1. The fourth-order valence-electron chi connectivity index (χ4n) is 4.12. The molecule has 2 unspecified atom stereocenters. The Hall–Kier alpha value is -2.57. The van der Waals surface area contributed by atoms with E-state index in [0.717, 1.165) is 57.5 Å². The molecule has 0 bridgehead atoms. The molecule has 2 aliphatic heterocycles. The smallest absolute Gasteiger partial charge is 0.191 e. The highest BCUT2D eigenvalue weighted by atomic mass is 16.5. The lowest BCUT2D eigenvalue weighted by Gasteiger charge is -2.31. The van der Waals surface area contributed by atoms with Crippen molar-refractivity contribution in [1.82, 2.24) is 15.5 Å². The van der Waals surface area contributed by atoms with Gasteiger partial charge in [-0.25, -0.2) is 0 Å². The standard InChI is InChI=1S/C24H32N4O2/c1-18-16-28(10-11-29-18)17-20-7-5-6-19(12-20)14-26-24(25-2)27-15-22-13-21-8-3-4-9-23(21)30-22/h3-9,12,18,22H,10-11,13-17H2,1-2H3,(H2,25,26,27). The summed E-state index contributed by atoms with van der Waals surface area (Å²) in [5, 5.41) is 6.81. The second-order valence-electron chi connectivity index (χ2n) is 8.09. The van der Waals surface area contributed by atoms with Crippen LogP contribution in [-0.2, 0) is 24.2 Å². The van der Waals surface area contributed by atoms with Crippen LogP contribution in [0.15, 0.2) is 53.5 Å². The summed E-state index contributed by atoms with van der Waals surface area (Å²) in [4.78, 5) is 6.81. The van der Waals surface area contributed by atoms with Gasteiger partial charge in [-0.3, -0.25) is 9.89 Å². The number of rotatable bonds is 6. The molecule has 2 aromatic carbocycles. The van der Waals surface area contributed by atoms with Crippen molar-refractivity contribution in [3.05, 3.63) is 65.2 Å². The molecular formula is C24H32N4O2. The van der Waals surface area contributed by atoms with Crippen LogP contribution in [0.2, 0.25) is 0 Å². The lowest BCUT2D eigenvalue weighted by atomic mass is 10.1. The summed E-state index contributed by atoms with van der Waals surface area (Å²) < 4.78 is 11.6. The van der Waals surface area contributed by atoms with Crippen LogP contribution >= 0.6 is 0 Å². The Bertz CT molecular complexity index is 845. The molecule has 1 fully saturated rings. The van der Waals surface area contributed by atoms with E-state index in [2.05, 4.69) is 63.8 Å². The van der Waals surface area contributed by atoms with Crippen molar-refractivity contribution < 1.29 is 9.47 Å². The minimum atomic E-state index is 0.139. The predicted octanol–water partition coefficient (Wildman–Crippen LogP) is 2.58. The summed E-state index contributed by atoms with van der Waals surface area (Å²) >= 11 is 0. The first-order valence-corrected chi connectivity index (χ1v) is 10.8. The summed E-state index contributed by atoms with van der Waals surface area (Å²) in [6.07, 6.45) is 1.39. The van der Waals surface area contributed by atoms with Crippen molar-refractivity contribution >= 4 is 5.96 Å². The maximum Gasteiger partial charge on any atom is 0.191 e. The summed E-state index contributed by atoms with van der Waals surface area (Å²) in [6.45, 7) is 7.37. The molecule has 6 nitrogen and oxygen atoms in total. The first kappa shape index (κ1) is 20.7. The SMILES string of the molecule is CN=C(NCc1cccc(CN2CCOC(C)C2)c1)NCC1Cc2ccccc2O1. The zero-order chi connectivity index (χ0) is 20.8. The van der Waals surface area contributed by atoms with Gasteiger partial charge in [-0.1, -0.05) is 42.5 Å². The largest absolute Gasteiger partial charge is 0.488 e. The molecule has 0 saturated carbocycles. The maximum atomic E-state index is 6.00. The average molecular weight is 409 g/mol. The fourth-order valence-corrected chi connectivity index (χ4v) is 4.12. The molecule has 6 heteroatoms. The van der Waals surface area contributed by atoms with E-state index >= 15 is 0 Å². The van der Waals surface area contributed by atoms with Crippen molar-refractivity contribution in [3.8, 4) is 5.75 Å². The number of benzene rings is 2.